The molecular formula is C25H30O. The molecule has 3 aromatic rings. The van der Waals surface area contributed by atoms with E-state index in [1.165, 1.54) is 16.7 Å². The molecule has 0 saturated heterocycles. The number of aryl methyl sites for hydroxylation is 1. The molecule has 0 bridgehead atoms. The second-order valence-electron chi connectivity index (χ2n) is 5.52. The van der Waals surface area contributed by atoms with Gasteiger partial charge in [0, 0.05) is 11.1 Å². The zero-order valence-electron chi connectivity index (χ0n) is 16.8. The molecule has 0 radical (unpaired) electrons. The number of carbonyl (C=O) groups excluding carboxylic acids is 1. The van der Waals surface area contributed by atoms with Gasteiger partial charge in [0.1, 0.15) is 0 Å². The number of hydrogen-bond donors (Lipinski definition) is 0. The molecule has 0 atom stereocenters. The highest BCUT2D eigenvalue weighted by Gasteiger charge is 2.09. The lowest BCUT2D eigenvalue weighted by Gasteiger charge is -2.09. The van der Waals surface area contributed by atoms with Gasteiger partial charge in [-0.2, -0.15) is 0 Å². The van der Waals surface area contributed by atoms with Gasteiger partial charge in [-0.3, -0.25) is 4.79 Å². The van der Waals surface area contributed by atoms with Crippen LogP contribution < -0.4 is 0 Å². The van der Waals surface area contributed by atoms with Crippen LogP contribution in [0, 0.1) is 13.8 Å². The van der Waals surface area contributed by atoms with E-state index in [1.54, 1.807) is 0 Å². The van der Waals surface area contributed by atoms with E-state index in [-0.39, 0.29) is 5.78 Å². The van der Waals surface area contributed by atoms with Crippen LogP contribution in [0.3, 0.4) is 0 Å². The molecule has 0 aliphatic carbocycles. The summed E-state index contributed by atoms with van der Waals surface area (Å²) >= 11 is 0. The molecule has 26 heavy (non-hydrogen) atoms. The predicted molar refractivity (Wildman–Crippen MR) is 114 cm³/mol. The van der Waals surface area contributed by atoms with Gasteiger partial charge in [0.15, 0.2) is 5.78 Å². The van der Waals surface area contributed by atoms with Crippen LogP contribution in [0.15, 0.2) is 72.8 Å². The lowest BCUT2D eigenvalue weighted by atomic mass is 9.95. The first-order valence-corrected chi connectivity index (χ1v) is 9.43. The fourth-order valence-corrected chi connectivity index (χ4v) is 2.62. The third-order valence-corrected chi connectivity index (χ3v) is 4.10. The van der Waals surface area contributed by atoms with Gasteiger partial charge in [0.2, 0.25) is 0 Å². The first-order chi connectivity index (χ1) is 12.7. The molecule has 0 N–H and O–H groups in total. The molecule has 0 aliphatic rings. The molecule has 0 saturated carbocycles. The summed E-state index contributed by atoms with van der Waals surface area (Å²) in [7, 11) is 0. The standard InChI is InChI=1S/C21H18O.2C2H6/c1-15-7-6-10-20(16(15)2)17-11-13-19(14-12-17)21(22)18-8-4-3-5-9-18;2*1-2/h3-14H,1-2H3;2*1-2H3. The van der Waals surface area contributed by atoms with Crippen molar-refractivity contribution in [3.63, 3.8) is 0 Å². The zero-order valence-corrected chi connectivity index (χ0v) is 16.8. The average Bonchev–Trinajstić information content (AvgIpc) is 2.73. The van der Waals surface area contributed by atoms with Crippen molar-refractivity contribution in [3.05, 3.63) is 95.1 Å². The zero-order chi connectivity index (χ0) is 19.5. The number of carbonyl (C=O) groups is 1. The van der Waals surface area contributed by atoms with Gasteiger partial charge in [-0.15, -0.1) is 0 Å². The lowest BCUT2D eigenvalue weighted by Crippen LogP contribution is -2.00. The third-order valence-electron chi connectivity index (χ3n) is 4.10. The van der Waals surface area contributed by atoms with E-state index in [0.29, 0.717) is 0 Å². The fraction of sp³-hybridized carbons (Fsp3) is 0.240. The molecule has 136 valence electrons. The number of hydrogen-bond acceptors (Lipinski definition) is 1. The summed E-state index contributed by atoms with van der Waals surface area (Å²) in [6.07, 6.45) is 0. The van der Waals surface area contributed by atoms with E-state index in [1.807, 2.05) is 82.3 Å². The molecule has 0 spiro atoms. The van der Waals surface area contributed by atoms with E-state index in [4.69, 9.17) is 0 Å². The van der Waals surface area contributed by atoms with Crippen molar-refractivity contribution in [2.24, 2.45) is 0 Å². The van der Waals surface area contributed by atoms with Crippen molar-refractivity contribution in [1.29, 1.82) is 0 Å². The summed E-state index contributed by atoms with van der Waals surface area (Å²) in [6, 6.07) is 23.6. The van der Waals surface area contributed by atoms with E-state index < -0.39 is 0 Å². The Hall–Kier alpha value is -2.67. The van der Waals surface area contributed by atoms with E-state index in [0.717, 1.165) is 16.7 Å². The van der Waals surface area contributed by atoms with Crippen LogP contribution in [0.25, 0.3) is 11.1 Å². The first-order valence-electron chi connectivity index (χ1n) is 9.43. The maximum Gasteiger partial charge on any atom is 0.193 e. The van der Waals surface area contributed by atoms with Crippen molar-refractivity contribution in [2.45, 2.75) is 41.5 Å². The molecule has 0 aliphatic heterocycles. The summed E-state index contributed by atoms with van der Waals surface area (Å²) in [5.41, 5.74) is 6.37. The van der Waals surface area contributed by atoms with E-state index >= 15 is 0 Å². The SMILES string of the molecule is CC.CC.Cc1cccc(-c2ccc(C(=O)c3ccccc3)cc2)c1C. The molecule has 1 nitrogen and oxygen atoms in total. The maximum atomic E-state index is 12.4. The van der Waals surface area contributed by atoms with E-state index in [2.05, 4.69) is 32.0 Å². The summed E-state index contributed by atoms with van der Waals surface area (Å²) in [5.74, 6) is 0.0631. The molecule has 1 heteroatoms. The maximum absolute atomic E-state index is 12.4. The smallest absolute Gasteiger partial charge is 0.193 e. The van der Waals surface area contributed by atoms with Crippen molar-refractivity contribution in [1.82, 2.24) is 0 Å². The summed E-state index contributed by atoms with van der Waals surface area (Å²) in [6.45, 7) is 12.2. The highest BCUT2D eigenvalue weighted by atomic mass is 16.1. The molecule has 0 unspecified atom stereocenters. The monoisotopic (exact) mass is 346 g/mol. The van der Waals surface area contributed by atoms with Crippen LogP contribution in [-0.2, 0) is 0 Å². The molecule has 0 aromatic heterocycles. The first kappa shape index (κ1) is 21.4. The molecule has 3 rings (SSSR count). The second-order valence-corrected chi connectivity index (χ2v) is 5.52. The van der Waals surface area contributed by atoms with Gasteiger partial charge in [-0.1, -0.05) is 100 Å². The Labute approximate surface area is 158 Å². The molecule has 0 amide bonds. The minimum atomic E-state index is 0.0631. The van der Waals surface area contributed by atoms with Gasteiger partial charge in [-0.05, 0) is 36.1 Å². The van der Waals surface area contributed by atoms with Crippen LogP contribution in [-0.4, -0.2) is 5.78 Å². The third kappa shape index (κ3) is 5.16. The average molecular weight is 347 g/mol. The Morgan fingerprint density at radius 1 is 0.615 bits per heavy atom. The van der Waals surface area contributed by atoms with Crippen LogP contribution >= 0.6 is 0 Å². The van der Waals surface area contributed by atoms with Crippen molar-refractivity contribution >= 4 is 5.78 Å². The van der Waals surface area contributed by atoms with E-state index in [9.17, 15) is 4.79 Å². The highest BCUT2D eigenvalue weighted by molar-refractivity contribution is 6.09. The van der Waals surface area contributed by atoms with Crippen LogP contribution in [0.1, 0.15) is 54.7 Å². The predicted octanol–water partition coefficient (Wildman–Crippen LogP) is 7.25. The molecule has 0 heterocycles. The largest absolute Gasteiger partial charge is 0.289 e. The van der Waals surface area contributed by atoms with Gasteiger partial charge < -0.3 is 0 Å². The summed E-state index contributed by atoms with van der Waals surface area (Å²) in [5, 5.41) is 0. The van der Waals surface area contributed by atoms with Crippen molar-refractivity contribution < 1.29 is 4.79 Å². The Bertz CT molecular complexity index is 799. The quantitative estimate of drug-likeness (QED) is 0.456. The van der Waals surface area contributed by atoms with Crippen LogP contribution in [0.5, 0.6) is 0 Å². The normalized spacial score (nSPS) is 9.31. The lowest BCUT2D eigenvalue weighted by molar-refractivity contribution is 0.103. The highest BCUT2D eigenvalue weighted by Crippen LogP contribution is 2.26. The minimum Gasteiger partial charge on any atom is -0.289 e. The fourth-order valence-electron chi connectivity index (χ4n) is 2.62. The van der Waals surface area contributed by atoms with Gasteiger partial charge in [-0.25, -0.2) is 0 Å². The Kier molecular flexibility index (Phi) is 9.08. The number of rotatable bonds is 3. The van der Waals surface area contributed by atoms with Gasteiger partial charge in [0.25, 0.3) is 0 Å². The van der Waals surface area contributed by atoms with Gasteiger partial charge >= 0.3 is 0 Å². The Morgan fingerprint density at radius 3 is 1.73 bits per heavy atom. The van der Waals surface area contributed by atoms with Crippen molar-refractivity contribution in [2.75, 3.05) is 0 Å². The molecule has 3 aromatic carbocycles. The van der Waals surface area contributed by atoms with Crippen LogP contribution in [0.2, 0.25) is 0 Å². The summed E-state index contributed by atoms with van der Waals surface area (Å²) in [4.78, 5) is 12.4. The summed E-state index contributed by atoms with van der Waals surface area (Å²) < 4.78 is 0. The second kappa shape index (κ2) is 11.0. The van der Waals surface area contributed by atoms with Gasteiger partial charge in [0.05, 0.1) is 0 Å². The molecular weight excluding hydrogens is 316 g/mol. The Morgan fingerprint density at radius 2 is 1.15 bits per heavy atom. The molecule has 0 fully saturated rings. The van der Waals surface area contributed by atoms with Crippen molar-refractivity contribution in [3.8, 4) is 11.1 Å². The minimum absolute atomic E-state index is 0.0631. The number of ketones is 1. The topological polar surface area (TPSA) is 17.1 Å². The van der Waals surface area contributed by atoms with Crippen LogP contribution in [0.4, 0.5) is 0 Å². The Balaban J connectivity index is 0.000000791. The number of benzene rings is 3.